The first kappa shape index (κ1) is 41.4. The van der Waals surface area contributed by atoms with Crippen LogP contribution in [-0.2, 0) is 18.3 Å². The van der Waals surface area contributed by atoms with Crippen molar-refractivity contribution < 1.29 is 33.0 Å². The first-order chi connectivity index (χ1) is 28.0. The van der Waals surface area contributed by atoms with E-state index >= 15 is 0 Å². The third-order valence-electron chi connectivity index (χ3n) is 10.7. The van der Waals surface area contributed by atoms with Crippen LogP contribution >= 0.6 is 8.25 Å². The van der Waals surface area contributed by atoms with E-state index in [1.54, 1.807) is 28.8 Å². The number of hydrogen-bond donors (Lipinski definition) is 3. The molecule has 0 bridgehead atoms. The summed E-state index contributed by atoms with van der Waals surface area (Å²) in [6.45, 7) is 8.48. The molecule has 14 nitrogen and oxygen atoms in total. The summed E-state index contributed by atoms with van der Waals surface area (Å²) in [4.78, 5) is 37.7. The Labute approximate surface area is 340 Å². The molecule has 0 saturated carbocycles. The van der Waals surface area contributed by atoms with Gasteiger partial charge in [-0.3, -0.25) is 14.4 Å². The number of nitrogens with zero attached hydrogens (tertiary/aromatic N) is 5. The predicted molar refractivity (Wildman–Crippen MR) is 220 cm³/mol. The maximum Gasteiger partial charge on any atom is 0.491 e. The first-order valence-corrected chi connectivity index (χ1v) is 22.6. The number of anilines is 1. The molecule has 8 rings (SSSR count). The Bertz CT molecular complexity index is 2170. The zero-order valence-electron chi connectivity index (χ0n) is 32.9. The van der Waals surface area contributed by atoms with Crippen molar-refractivity contribution in [3.05, 3.63) is 121 Å². The third-order valence-corrected chi connectivity index (χ3v) is 16.2. The smallest absolute Gasteiger partial charge is 0.491 e. The van der Waals surface area contributed by atoms with Gasteiger partial charge in [-0.2, -0.15) is 0 Å². The summed E-state index contributed by atoms with van der Waals surface area (Å²) >= 11 is 0. The number of allylic oxidation sites excluding steroid dienone is 2. The fourth-order valence-corrected chi connectivity index (χ4v) is 12.9. The lowest BCUT2D eigenvalue weighted by Crippen LogP contribution is -2.67. The second-order valence-corrected chi connectivity index (χ2v) is 20.5. The lowest BCUT2D eigenvalue weighted by atomic mass is 10.1. The summed E-state index contributed by atoms with van der Waals surface area (Å²) in [6, 6.07) is 28.5. The lowest BCUT2D eigenvalue weighted by molar-refractivity contribution is -0.239. The number of aromatic nitrogens is 4. The number of benzene rings is 3. The molecule has 3 aromatic carbocycles. The number of rotatable bonds is 10. The Kier molecular flexibility index (Phi) is 12.8. The topological polar surface area (TPSA) is 176 Å². The van der Waals surface area contributed by atoms with Crippen LogP contribution in [0.15, 0.2) is 109 Å². The van der Waals surface area contributed by atoms with E-state index in [0.717, 1.165) is 23.3 Å². The number of nitrogens with one attached hydrogen (secondary N) is 2. The summed E-state index contributed by atoms with van der Waals surface area (Å²) < 4.78 is 31.8. The molecule has 0 radical (unpaired) electrons. The van der Waals surface area contributed by atoms with Crippen LogP contribution in [0.25, 0.3) is 11.2 Å². The van der Waals surface area contributed by atoms with E-state index in [4.69, 9.17) is 13.7 Å². The number of carbonyl (C=O) groups is 1. The number of hydrogen-bond acceptors (Lipinski definition) is 12. The molecule has 2 saturated heterocycles. The lowest BCUT2D eigenvalue weighted by Gasteiger charge is -2.43. The van der Waals surface area contributed by atoms with Gasteiger partial charge in [0.05, 0.1) is 19.4 Å². The highest BCUT2D eigenvalue weighted by molar-refractivity contribution is 7.30. The van der Waals surface area contributed by atoms with Crippen molar-refractivity contribution in [1.82, 2.24) is 30.0 Å². The molecule has 3 aliphatic heterocycles. The summed E-state index contributed by atoms with van der Waals surface area (Å²) in [5, 5.41) is 18.4. The van der Waals surface area contributed by atoms with Gasteiger partial charge in [0.25, 0.3) is 25.7 Å². The molecule has 2 aromatic heterocycles. The molecule has 4 atom stereocenters. The Morgan fingerprint density at radius 2 is 1.69 bits per heavy atom. The van der Waals surface area contributed by atoms with Crippen LogP contribution in [0.4, 0.5) is 5.82 Å². The Morgan fingerprint density at radius 3 is 2.34 bits per heavy atom. The van der Waals surface area contributed by atoms with Gasteiger partial charge in [-0.25, -0.2) is 20.4 Å². The predicted octanol–water partition coefficient (Wildman–Crippen LogP) is 5.12. The molecular formula is C42H49N7O7PSi+. The van der Waals surface area contributed by atoms with Crippen molar-refractivity contribution in [1.29, 1.82) is 0 Å². The van der Waals surface area contributed by atoms with Gasteiger partial charge in [-0.1, -0.05) is 99.6 Å². The van der Waals surface area contributed by atoms with E-state index in [-0.39, 0.29) is 35.3 Å². The van der Waals surface area contributed by atoms with E-state index in [1.807, 2.05) is 66.7 Å². The molecule has 3 aliphatic rings. The minimum Gasteiger partial charge on any atom is -0.566 e. The van der Waals surface area contributed by atoms with Gasteiger partial charge in [0.15, 0.2) is 23.4 Å². The molecule has 0 aliphatic carbocycles. The van der Waals surface area contributed by atoms with E-state index in [1.165, 1.54) is 50.6 Å². The molecule has 58 heavy (non-hydrogen) atoms. The SMILES string of the molecule is CC(C)(C)[Si](OC[C@H]1O[C@@H](n2cnc3c(NC(=O)c4ccccc4)ncnc32)C[C@]1(O)O[P+](=O)[O-])(c1ccccc1)c1ccccc1.[C+]1=C2CCCCNN2CCC1. The summed E-state index contributed by atoms with van der Waals surface area (Å²) in [7, 11) is -6.54. The zero-order valence-corrected chi connectivity index (χ0v) is 34.8. The van der Waals surface area contributed by atoms with Crippen LogP contribution in [0.5, 0.6) is 0 Å². The van der Waals surface area contributed by atoms with E-state index in [0.29, 0.717) is 11.2 Å². The second-order valence-electron chi connectivity index (χ2n) is 15.5. The van der Waals surface area contributed by atoms with Crippen LogP contribution in [0, 0.1) is 6.08 Å². The van der Waals surface area contributed by atoms with Gasteiger partial charge >= 0.3 is 8.25 Å². The first-order valence-electron chi connectivity index (χ1n) is 19.6. The number of aliphatic hydroxyl groups is 1. The largest absolute Gasteiger partial charge is 0.566 e. The highest BCUT2D eigenvalue weighted by Crippen LogP contribution is 2.44. The Hall–Kier alpha value is -4.79. The van der Waals surface area contributed by atoms with E-state index in [9.17, 15) is 19.4 Å². The maximum atomic E-state index is 12.8. The average Bonchev–Trinajstić information content (AvgIpc) is 3.70. The third kappa shape index (κ3) is 8.93. The van der Waals surface area contributed by atoms with Gasteiger partial charge in [0, 0.05) is 31.5 Å². The molecule has 1 amide bonds. The van der Waals surface area contributed by atoms with Crippen molar-refractivity contribution in [3.8, 4) is 0 Å². The van der Waals surface area contributed by atoms with Crippen molar-refractivity contribution in [2.24, 2.45) is 0 Å². The fourth-order valence-electron chi connectivity index (χ4n) is 7.90. The molecule has 302 valence electrons. The summed E-state index contributed by atoms with van der Waals surface area (Å²) in [5.41, 5.74) is 5.85. The van der Waals surface area contributed by atoms with Gasteiger partial charge in [-0.05, 0) is 45.0 Å². The molecule has 16 heteroatoms. The highest BCUT2D eigenvalue weighted by Gasteiger charge is 2.57. The maximum absolute atomic E-state index is 12.8. The van der Waals surface area contributed by atoms with Crippen LogP contribution in [0.2, 0.25) is 5.04 Å². The van der Waals surface area contributed by atoms with Crippen LogP contribution < -0.4 is 26.0 Å². The minimum atomic E-state index is -3.46. The number of hydrazine groups is 1. The number of imidazole rings is 1. The number of ether oxygens (including phenoxy) is 1. The van der Waals surface area contributed by atoms with Crippen LogP contribution in [0.3, 0.4) is 0 Å². The van der Waals surface area contributed by atoms with Crippen LogP contribution in [0.1, 0.15) is 75.9 Å². The Morgan fingerprint density at radius 1 is 1.02 bits per heavy atom. The van der Waals surface area contributed by atoms with Crippen LogP contribution in [-0.4, -0.2) is 75.4 Å². The van der Waals surface area contributed by atoms with Crippen molar-refractivity contribution >= 4 is 49.8 Å². The van der Waals surface area contributed by atoms with Crippen molar-refractivity contribution in [3.63, 3.8) is 0 Å². The molecular weight excluding hydrogens is 774 g/mol. The van der Waals surface area contributed by atoms with Gasteiger partial charge in [0.1, 0.15) is 18.7 Å². The molecule has 3 N–H and O–H groups in total. The number of amides is 1. The number of fused-ring (bicyclic) bond motifs is 2. The number of carbonyl (C=O) groups excluding carboxylic acids is 1. The highest BCUT2D eigenvalue weighted by atomic mass is 31.1. The Balaban J connectivity index is 0.000000399. The average molecular weight is 823 g/mol. The molecule has 0 spiro atoms. The van der Waals surface area contributed by atoms with Crippen molar-refractivity contribution in [2.75, 3.05) is 25.0 Å². The molecule has 1 unspecified atom stereocenters. The fraction of sp³-hybridized carbons (Fsp3) is 0.381. The zero-order chi connectivity index (χ0) is 40.8. The molecule has 2 fully saturated rings. The summed E-state index contributed by atoms with van der Waals surface area (Å²) in [6.07, 6.45) is 10.0. The quantitative estimate of drug-likeness (QED) is 0.0735. The molecule has 5 aromatic rings. The van der Waals surface area contributed by atoms with Gasteiger partial charge < -0.3 is 24.5 Å². The van der Waals surface area contributed by atoms with Gasteiger partial charge in [-0.15, -0.1) is 4.52 Å². The summed E-state index contributed by atoms with van der Waals surface area (Å²) in [5.74, 6) is -2.44. The van der Waals surface area contributed by atoms with Crippen molar-refractivity contribution in [2.45, 2.75) is 82.5 Å². The van der Waals surface area contributed by atoms with E-state index < -0.39 is 34.7 Å². The molecule has 5 heterocycles. The minimum absolute atomic E-state index is 0.177. The standard InChI is InChI=1S/C33H34N5O7PSi.C9H15N2/c1-32(2,3)47(24-15-9-5-10-16-24,25-17-11-6-12-18-25)43-20-26-33(40,45-46(41)42)19-27(44-26)38-22-36-28-29(34-21-35-30(28)38)37-31(39)23-13-7-4-8-14-23;1-3-7-10-11-8-4-2-6-9(11)5-1/h4-18,21-22,26-27,40H,19-20H2,1-3H3,(H,34,35,37,39);10H,1-5,7-8H2/q;+1/t26-,27-,33+;/m1./s1. The normalized spacial score (nSPS) is 21.2. The monoisotopic (exact) mass is 822 g/mol. The second kappa shape index (κ2) is 18.0. The van der Waals surface area contributed by atoms with E-state index in [2.05, 4.69) is 57.6 Å². The van der Waals surface area contributed by atoms with Gasteiger partial charge in [0.2, 0.25) is 6.08 Å².